The molecule has 1 aromatic heterocycles. The van der Waals surface area contributed by atoms with Crippen LogP contribution in [0, 0.1) is 0 Å². The molecule has 0 aliphatic heterocycles. The molecule has 0 atom stereocenters. The third-order valence-corrected chi connectivity index (χ3v) is 12.3. The quantitative estimate of drug-likeness (QED) is 0.0450. The fourth-order valence-corrected chi connectivity index (χ4v) is 9.42. The summed E-state index contributed by atoms with van der Waals surface area (Å²) in [5.41, 5.74) is -2.23. The van der Waals surface area contributed by atoms with Gasteiger partial charge in [0, 0.05) is 38.1 Å². The highest BCUT2D eigenvalue weighted by molar-refractivity contribution is 6.32. The molecule has 318 valence electrons. The van der Waals surface area contributed by atoms with Crippen LogP contribution in [0.3, 0.4) is 0 Å². The van der Waals surface area contributed by atoms with Crippen LogP contribution in [0.25, 0.3) is 87.6 Å². The largest absolute Gasteiger partial charge is 0.506 e. The van der Waals surface area contributed by atoms with E-state index >= 15 is 0 Å². The molecule has 0 bridgehead atoms. The second-order valence-corrected chi connectivity index (χ2v) is 15.7. The van der Waals surface area contributed by atoms with Gasteiger partial charge in [0.2, 0.25) is 40.2 Å². The zero-order valence-corrected chi connectivity index (χ0v) is 32.1. The fraction of sp³-hybridized carbons (Fsp3) is 0.0667. The first-order valence-electron chi connectivity index (χ1n) is 18.5. The first kappa shape index (κ1) is 38.2. The van der Waals surface area contributed by atoms with Crippen LogP contribution in [-0.2, 0) is 5.41 Å². The Morgan fingerprint density at radius 2 is 0.683 bits per heavy atom. The third-order valence-electron chi connectivity index (χ3n) is 12.3. The molecule has 8 aromatic carbocycles. The Kier molecular flexibility index (Phi) is 7.16. The Morgan fingerprint density at radius 3 is 1.21 bits per heavy atom. The maximum Gasteiger partial charge on any atom is 0.205 e. The van der Waals surface area contributed by atoms with E-state index in [0.29, 0.717) is 16.7 Å². The minimum Gasteiger partial charge on any atom is -0.506 e. The van der Waals surface area contributed by atoms with Gasteiger partial charge in [-0.25, -0.2) is 0 Å². The molecule has 1 aliphatic carbocycles. The molecule has 0 fully saturated rings. The SMILES string of the molecule is CC1(C)c2ccccc2-c2c(-c3c4c(O)c(O)c(O)c(O)c4c(-c4c(O)c(O)c5oc6c(O)c7c(O)c(O)c(O)c(O)c7c(O)c6c5c4O)c4c(O)c(O)c(O)c(O)c34)cccc21. The lowest BCUT2D eigenvalue weighted by atomic mass is 9.79. The van der Waals surface area contributed by atoms with Crippen LogP contribution in [0.5, 0.6) is 97.7 Å². The number of furan rings is 1. The second-order valence-electron chi connectivity index (χ2n) is 15.7. The first-order valence-corrected chi connectivity index (χ1v) is 18.5. The van der Waals surface area contributed by atoms with Crippen LogP contribution in [0.1, 0.15) is 25.0 Å². The average Bonchev–Trinajstić information content (AvgIpc) is 3.79. The Hall–Kier alpha value is -9.06. The van der Waals surface area contributed by atoms with E-state index in [2.05, 4.69) is 0 Å². The molecule has 10 rings (SSSR count). The minimum atomic E-state index is -1.41. The Morgan fingerprint density at radius 1 is 0.286 bits per heavy atom. The van der Waals surface area contributed by atoms with E-state index in [9.17, 15) is 86.8 Å². The lowest BCUT2D eigenvalue weighted by Gasteiger charge is -2.25. The van der Waals surface area contributed by atoms with E-state index in [4.69, 9.17) is 4.42 Å². The summed E-state index contributed by atoms with van der Waals surface area (Å²) in [5, 5.41) is 186. The van der Waals surface area contributed by atoms with E-state index in [1.54, 1.807) is 30.3 Å². The van der Waals surface area contributed by atoms with Crippen LogP contribution >= 0.6 is 0 Å². The van der Waals surface area contributed by atoms with Crippen LogP contribution in [0.2, 0.25) is 0 Å². The van der Waals surface area contributed by atoms with Crippen molar-refractivity contribution in [3.8, 4) is 131 Å². The molecule has 17 N–H and O–H groups in total. The molecule has 0 amide bonds. The van der Waals surface area contributed by atoms with Gasteiger partial charge in [-0.05, 0) is 27.8 Å². The summed E-state index contributed by atoms with van der Waals surface area (Å²) in [6.45, 7) is 3.84. The van der Waals surface area contributed by atoms with Crippen LogP contribution < -0.4 is 0 Å². The van der Waals surface area contributed by atoms with Gasteiger partial charge >= 0.3 is 0 Å². The molecule has 0 saturated carbocycles. The summed E-state index contributed by atoms with van der Waals surface area (Å²) in [4.78, 5) is 0. The van der Waals surface area contributed by atoms with E-state index in [1.165, 1.54) is 6.07 Å². The molecule has 9 aromatic rings. The summed E-state index contributed by atoms with van der Waals surface area (Å²) in [5.74, 6) is -22.2. The van der Waals surface area contributed by atoms with Crippen molar-refractivity contribution in [3.05, 3.63) is 53.6 Å². The Labute approximate surface area is 348 Å². The van der Waals surface area contributed by atoms with Gasteiger partial charge in [-0.15, -0.1) is 0 Å². The van der Waals surface area contributed by atoms with Crippen molar-refractivity contribution in [2.75, 3.05) is 0 Å². The topological polar surface area (TPSA) is 357 Å². The Bertz CT molecular complexity index is 3590. The molecule has 0 spiro atoms. The number of phenols is 17. The van der Waals surface area contributed by atoms with Gasteiger partial charge in [-0.1, -0.05) is 56.3 Å². The monoisotopic (exact) mass is 858 g/mol. The van der Waals surface area contributed by atoms with Gasteiger partial charge in [0.15, 0.2) is 57.2 Å². The van der Waals surface area contributed by atoms with Gasteiger partial charge < -0.3 is 91.2 Å². The highest BCUT2D eigenvalue weighted by atomic mass is 16.4. The number of hydrogen-bond donors (Lipinski definition) is 17. The number of fused-ring (bicyclic) bond motifs is 9. The van der Waals surface area contributed by atoms with Crippen molar-refractivity contribution in [1.82, 2.24) is 0 Å². The summed E-state index contributed by atoms with van der Waals surface area (Å²) in [6, 6.07) is 12.1. The van der Waals surface area contributed by atoms with Gasteiger partial charge in [0.25, 0.3) is 0 Å². The molecular formula is C45H30O18. The van der Waals surface area contributed by atoms with E-state index in [1.807, 2.05) is 19.9 Å². The fourth-order valence-electron chi connectivity index (χ4n) is 9.42. The molecule has 0 radical (unpaired) electrons. The number of phenolic OH excluding ortho intramolecular Hbond substituents is 17. The molecule has 0 saturated heterocycles. The molecule has 63 heavy (non-hydrogen) atoms. The van der Waals surface area contributed by atoms with Gasteiger partial charge in [0.05, 0.1) is 27.1 Å². The molecule has 1 heterocycles. The maximum absolute atomic E-state index is 12.3. The number of hydrogen-bond acceptors (Lipinski definition) is 18. The van der Waals surface area contributed by atoms with Crippen molar-refractivity contribution in [2.24, 2.45) is 0 Å². The molecule has 0 unspecified atom stereocenters. The van der Waals surface area contributed by atoms with Gasteiger partial charge in [0.1, 0.15) is 11.5 Å². The van der Waals surface area contributed by atoms with Gasteiger partial charge in [-0.2, -0.15) is 0 Å². The lowest BCUT2D eigenvalue weighted by molar-refractivity contribution is 0.349. The minimum absolute atomic E-state index is 0.101. The zero-order chi connectivity index (χ0) is 45.4. The van der Waals surface area contributed by atoms with E-state index in [-0.39, 0.29) is 11.1 Å². The predicted octanol–water partition coefficient (Wildman–Crippen LogP) is 7.68. The first-order chi connectivity index (χ1) is 29.7. The normalized spacial score (nSPS) is 13.2. The summed E-state index contributed by atoms with van der Waals surface area (Å²) >= 11 is 0. The molecule has 18 heteroatoms. The van der Waals surface area contributed by atoms with Crippen LogP contribution in [0.4, 0.5) is 0 Å². The van der Waals surface area contributed by atoms with Crippen molar-refractivity contribution < 1.29 is 91.2 Å². The third kappa shape index (κ3) is 4.24. The molecule has 18 nitrogen and oxygen atoms in total. The van der Waals surface area contributed by atoms with Crippen molar-refractivity contribution in [2.45, 2.75) is 19.3 Å². The molecule has 1 aliphatic rings. The van der Waals surface area contributed by atoms with Crippen LogP contribution in [-0.4, -0.2) is 86.8 Å². The van der Waals surface area contributed by atoms with Crippen molar-refractivity contribution in [1.29, 1.82) is 0 Å². The standard InChI is InChI=1S/C45H30O18/c1-45(2)12-8-4-3-6-10(12)14-11(7-5-9-13(14)45)15-17-19(30(50)38(58)36(56)28(17)48)16(20-18(15)29(49)37(57)39(59)31(20)51)21-26(46)25-24-27(47)22-23(33(53)41(61)40(60)32(22)52)35(55)43(24)63-44(25)42(62)34(21)54/h3-9,46-62H,1-2H3. The summed E-state index contributed by atoms with van der Waals surface area (Å²) in [6.07, 6.45) is 0. The van der Waals surface area contributed by atoms with Crippen molar-refractivity contribution in [3.63, 3.8) is 0 Å². The zero-order valence-electron chi connectivity index (χ0n) is 32.1. The number of rotatable bonds is 2. The van der Waals surface area contributed by atoms with E-state index < -0.39 is 169 Å². The second kappa shape index (κ2) is 11.8. The van der Waals surface area contributed by atoms with Crippen LogP contribution in [0.15, 0.2) is 46.9 Å². The molecular weight excluding hydrogens is 828 g/mol. The van der Waals surface area contributed by atoms with Gasteiger partial charge in [-0.3, -0.25) is 0 Å². The lowest BCUT2D eigenvalue weighted by Crippen LogP contribution is -2.14. The van der Waals surface area contributed by atoms with Crippen molar-refractivity contribution >= 4 is 54.3 Å². The number of benzene rings is 8. The summed E-state index contributed by atoms with van der Waals surface area (Å²) < 4.78 is 5.57. The highest BCUT2D eigenvalue weighted by Crippen LogP contribution is 2.67. The average molecular weight is 859 g/mol. The highest BCUT2D eigenvalue weighted by Gasteiger charge is 2.41. The number of aromatic hydroxyl groups is 17. The Balaban J connectivity index is 1.49. The van der Waals surface area contributed by atoms with E-state index in [0.717, 1.165) is 5.56 Å². The maximum atomic E-state index is 12.3. The predicted molar refractivity (Wildman–Crippen MR) is 223 cm³/mol. The smallest absolute Gasteiger partial charge is 0.205 e. The summed E-state index contributed by atoms with van der Waals surface area (Å²) in [7, 11) is 0.